The molecule has 116 valence electrons. The first-order valence-electron chi connectivity index (χ1n) is 6.97. The fourth-order valence-corrected chi connectivity index (χ4v) is 1.96. The standard InChI is InChI=1S/C14H17N5O3/c1-2-3-6-16-11(20)9-19-13(10-4-7-15-8-5-10)12(14(21)22)17-18-19/h4-5,7-8H,2-3,6,9H2,1H3,(H,16,20)(H,21,22). The molecule has 0 spiro atoms. The Hall–Kier alpha value is -2.77. The van der Waals surface area contributed by atoms with Crippen LogP contribution in [0.3, 0.4) is 0 Å². The molecule has 0 bridgehead atoms. The van der Waals surface area contributed by atoms with Crippen molar-refractivity contribution in [3.05, 3.63) is 30.2 Å². The van der Waals surface area contributed by atoms with E-state index in [2.05, 4.69) is 20.6 Å². The quantitative estimate of drug-likeness (QED) is 0.737. The van der Waals surface area contributed by atoms with Crippen molar-refractivity contribution in [2.75, 3.05) is 6.54 Å². The monoisotopic (exact) mass is 303 g/mol. The first-order valence-corrected chi connectivity index (χ1v) is 6.97. The van der Waals surface area contributed by atoms with E-state index in [4.69, 9.17) is 0 Å². The summed E-state index contributed by atoms with van der Waals surface area (Å²) in [5, 5.41) is 19.4. The van der Waals surface area contributed by atoms with Gasteiger partial charge in [0.15, 0.2) is 5.69 Å². The molecule has 2 rings (SSSR count). The Balaban J connectivity index is 2.25. The van der Waals surface area contributed by atoms with Gasteiger partial charge in [-0.3, -0.25) is 9.78 Å². The van der Waals surface area contributed by atoms with Gasteiger partial charge in [0.05, 0.1) is 0 Å². The lowest BCUT2D eigenvalue weighted by Crippen LogP contribution is -2.29. The number of rotatable bonds is 7. The Morgan fingerprint density at radius 3 is 2.68 bits per heavy atom. The van der Waals surface area contributed by atoms with Crippen LogP contribution in [0.1, 0.15) is 30.3 Å². The topological polar surface area (TPSA) is 110 Å². The maximum Gasteiger partial charge on any atom is 0.358 e. The van der Waals surface area contributed by atoms with E-state index in [1.54, 1.807) is 24.5 Å². The van der Waals surface area contributed by atoms with Crippen LogP contribution in [0.25, 0.3) is 11.3 Å². The third-order valence-corrected chi connectivity index (χ3v) is 3.04. The number of amides is 1. The van der Waals surface area contributed by atoms with Gasteiger partial charge in [0.2, 0.25) is 5.91 Å². The molecule has 1 amide bonds. The molecular weight excluding hydrogens is 286 g/mol. The highest BCUT2D eigenvalue weighted by molar-refractivity contribution is 5.93. The number of carboxylic acid groups (broad SMARTS) is 1. The van der Waals surface area contributed by atoms with Crippen LogP contribution in [-0.4, -0.2) is 43.5 Å². The SMILES string of the molecule is CCCCNC(=O)Cn1nnc(C(=O)O)c1-c1ccncc1. The summed E-state index contributed by atoms with van der Waals surface area (Å²) in [4.78, 5) is 27.1. The van der Waals surface area contributed by atoms with Crippen LogP contribution in [0.15, 0.2) is 24.5 Å². The number of carbonyl (C=O) groups excluding carboxylic acids is 1. The lowest BCUT2D eigenvalue weighted by Gasteiger charge is -2.08. The van der Waals surface area contributed by atoms with Crippen molar-refractivity contribution < 1.29 is 14.7 Å². The second-order valence-corrected chi connectivity index (χ2v) is 4.69. The molecule has 0 saturated heterocycles. The number of nitrogens with zero attached hydrogens (tertiary/aromatic N) is 4. The summed E-state index contributed by atoms with van der Waals surface area (Å²) in [5.41, 5.74) is 0.701. The van der Waals surface area contributed by atoms with Crippen LogP contribution in [0.4, 0.5) is 0 Å². The van der Waals surface area contributed by atoms with Gasteiger partial charge in [-0.2, -0.15) is 0 Å². The minimum Gasteiger partial charge on any atom is -0.476 e. The van der Waals surface area contributed by atoms with Gasteiger partial charge < -0.3 is 10.4 Å². The Morgan fingerprint density at radius 2 is 2.05 bits per heavy atom. The van der Waals surface area contributed by atoms with Gasteiger partial charge in [0.1, 0.15) is 12.2 Å². The van der Waals surface area contributed by atoms with E-state index >= 15 is 0 Å². The number of nitrogens with one attached hydrogen (secondary N) is 1. The van der Waals surface area contributed by atoms with Gasteiger partial charge >= 0.3 is 5.97 Å². The average Bonchev–Trinajstić information content (AvgIpc) is 2.92. The second-order valence-electron chi connectivity index (χ2n) is 4.69. The third kappa shape index (κ3) is 3.66. The second kappa shape index (κ2) is 7.30. The molecule has 2 N–H and O–H groups in total. The van der Waals surface area contributed by atoms with Gasteiger partial charge in [-0.05, 0) is 18.6 Å². The smallest absolute Gasteiger partial charge is 0.358 e. The van der Waals surface area contributed by atoms with E-state index in [0.29, 0.717) is 17.8 Å². The number of hydrogen-bond acceptors (Lipinski definition) is 5. The van der Waals surface area contributed by atoms with Crippen LogP contribution >= 0.6 is 0 Å². The summed E-state index contributed by atoms with van der Waals surface area (Å²) >= 11 is 0. The van der Waals surface area contributed by atoms with Crippen LogP contribution in [0.5, 0.6) is 0 Å². The van der Waals surface area contributed by atoms with Gasteiger partial charge in [0.25, 0.3) is 0 Å². The minimum absolute atomic E-state index is 0.0817. The molecule has 0 aliphatic rings. The summed E-state index contributed by atoms with van der Waals surface area (Å²) in [6, 6.07) is 3.30. The molecule has 0 fully saturated rings. The van der Waals surface area contributed by atoms with Crippen molar-refractivity contribution in [2.45, 2.75) is 26.3 Å². The summed E-state index contributed by atoms with van der Waals surface area (Å²) in [6.07, 6.45) is 4.95. The zero-order valence-electron chi connectivity index (χ0n) is 12.2. The predicted octanol–water partition coefficient (Wildman–Crippen LogP) is 0.955. The molecule has 8 heteroatoms. The molecule has 0 aliphatic heterocycles. The van der Waals surface area contributed by atoms with Gasteiger partial charge in [0, 0.05) is 24.5 Å². The summed E-state index contributed by atoms with van der Waals surface area (Å²) < 4.78 is 1.29. The fraction of sp³-hybridized carbons (Fsp3) is 0.357. The van der Waals surface area contributed by atoms with Crippen LogP contribution in [0.2, 0.25) is 0 Å². The van der Waals surface area contributed by atoms with Gasteiger partial charge in [-0.1, -0.05) is 18.6 Å². The average molecular weight is 303 g/mol. The first-order chi connectivity index (χ1) is 10.6. The Morgan fingerprint density at radius 1 is 1.32 bits per heavy atom. The van der Waals surface area contributed by atoms with Crippen molar-refractivity contribution >= 4 is 11.9 Å². The number of aromatic nitrogens is 4. The first kappa shape index (κ1) is 15.6. The lowest BCUT2D eigenvalue weighted by molar-refractivity contribution is -0.121. The summed E-state index contributed by atoms with van der Waals surface area (Å²) in [5.74, 6) is -1.42. The van der Waals surface area contributed by atoms with E-state index in [0.717, 1.165) is 12.8 Å². The van der Waals surface area contributed by atoms with Gasteiger partial charge in [-0.15, -0.1) is 5.10 Å². The Bertz CT molecular complexity index is 654. The van der Waals surface area contributed by atoms with Gasteiger partial charge in [-0.25, -0.2) is 9.48 Å². The Labute approximate surface area is 127 Å². The highest BCUT2D eigenvalue weighted by atomic mass is 16.4. The molecular formula is C14H17N5O3. The molecule has 0 atom stereocenters. The largest absolute Gasteiger partial charge is 0.476 e. The molecule has 0 aliphatic carbocycles. The van der Waals surface area contributed by atoms with Crippen molar-refractivity contribution in [2.24, 2.45) is 0 Å². The predicted molar refractivity (Wildman–Crippen MR) is 78.1 cm³/mol. The van der Waals surface area contributed by atoms with Crippen molar-refractivity contribution in [1.29, 1.82) is 0 Å². The molecule has 8 nitrogen and oxygen atoms in total. The lowest BCUT2D eigenvalue weighted by atomic mass is 10.1. The zero-order chi connectivity index (χ0) is 15.9. The zero-order valence-corrected chi connectivity index (χ0v) is 12.2. The molecule has 0 aromatic carbocycles. The van der Waals surface area contributed by atoms with Crippen LogP contribution < -0.4 is 5.32 Å². The molecule has 0 unspecified atom stereocenters. The number of pyridine rings is 1. The number of carboxylic acids is 1. The van der Waals surface area contributed by atoms with E-state index < -0.39 is 5.97 Å². The van der Waals surface area contributed by atoms with E-state index in [9.17, 15) is 14.7 Å². The minimum atomic E-state index is -1.19. The Kier molecular flexibility index (Phi) is 5.18. The summed E-state index contributed by atoms with van der Waals surface area (Å²) in [7, 11) is 0. The highest BCUT2D eigenvalue weighted by Crippen LogP contribution is 2.21. The number of carbonyl (C=O) groups is 2. The number of unbranched alkanes of at least 4 members (excludes halogenated alkanes) is 1. The molecule has 2 aromatic heterocycles. The maximum absolute atomic E-state index is 11.9. The van der Waals surface area contributed by atoms with Crippen molar-refractivity contribution in [3.63, 3.8) is 0 Å². The summed E-state index contributed by atoms with van der Waals surface area (Å²) in [6.45, 7) is 2.53. The maximum atomic E-state index is 11.9. The van der Waals surface area contributed by atoms with Crippen molar-refractivity contribution in [1.82, 2.24) is 25.3 Å². The van der Waals surface area contributed by atoms with Crippen molar-refractivity contribution in [3.8, 4) is 11.3 Å². The molecule has 0 radical (unpaired) electrons. The molecule has 22 heavy (non-hydrogen) atoms. The molecule has 0 saturated carbocycles. The number of aromatic carboxylic acids is 1. The van der Waals surface area contributed by atoms with E-state index in [1.165, 1.54) is 4.68 Å². The van der Waals surface area contributed by atoms with E-state index in [-0.39, 0.29) is 18.1 Å². The fourth-order valence-electron chi connectivity index (χ4n) is 1.96. The highest BCUT2D eigenvalue weighted by Gasteiger charge is 2.21. The molecule has 2 heterocycles. The van der Waals surface area contributed by atoms with E-state index in [1.807, 2.05) is 6.92 Å². The molecule has 2 aromatic rings. The third-order valence-electron chi connectivity index (χ3n) is 3.04. The van der Waals surface area contributed by atoms with Crippen LogP contribution in [-0.2, 0) is 11.3 Å². The number of hydrogen-bond donors (Lipinski definition) is 2. The van der Waals surface area contributed by atoms with Crippen LogP contribution in [0, 0.1) is 0 Å². The normalized spacial score (nSPS) is 10.4.